The summed E-state index contributed by atoms with van der Waals surface area (Å²) < 4.78 is 16.7. The molecular formula is C25H32N2O5S. The molecule has 0 spiro atoms. The molecule has 1 aromatic carbocycles. The van der Waals surface area contributed by atoms with Crippen molar-refractivity contribution in [3.05, 3.63) is 45.6 Å². The Bertz CT molecular complexity index is 983. The van der Waals surface area contributed by atoms with Crippen molar-refractivity contribution in [1.29, 1.82) is 0 Å². The number of ether oxygens (including phenoxy) is 3. The summed E-state index contributed by atoms with van der Waals surface area (Å²) in [5, 5.41) is 2.04. The highest BCUT2D eigenvalue weighted by molar-refractivity contribution is 7.10. The second-order valence-electron chi connectivity index (χ2n) is 8.97. The molecule has 178 valence electrons. The molecule has 0 aliphatic carbocycles. The van der Waals surface area contributed by atoms with Gasteiger partial charge in [-0.3, -0.25) is 9.59 Å². The van der Waals surface area contributed by atoms with E-state index in [0.29, 0.717) is 25.4 Å². The first-order chi connectivity index (χ1) is 15.9. The molecular weight excluding hydrogens is 440 g/mol. The van der Waals surface area contributed by atoms with E-state index in [1.807, 2.05) is 42.3 Å². The Morgan fingerprint density at radius 1 is 1.12 bits per heavy atom. The summed E-state index contributed by atoms with van der Waals surface area (Å²) in [6.45, 7) is 8.16. The summed E-state index contributed by atoms with van der Waals surface area (Å²) in [6.07, 6.45) is 1.92. The number of hydrogen-bond donors (Lipinski definition) is 0. The minimum absolute atomic E-state index is 0.00218. The van der Waals surface area contributed by atoms with E-state index >= 15 is 0 Å². The first kappa shape index (κ1) is 23.6. The highest BCUT2D eigenvalue weighted by Crippen LogP contribution is 2.33. The Kier molecular flexibility index (Phi) is 7.55. The Labute approximate surface area is 199 Å². The van der Waals surface area contributed by atoms with Crippen LogP contribution in [0.15, 0.2) is 29.6 Å². The van der Waals surface area contributed by atoms with E-state index in [4.69, 9.17) is 14.2 Å². The average Bonchev–Trinajstić information content (AvgIpc) is 3.55. The van der Waals surface area contributed by atoms with Crippen LogP contribution in [-0.4, -0.2) is 54.2 Å². The number of carbonyl (C=O) groups excluding carboxylic acids is 2. The number of nitrogens with zero attached hydrogens (tertiary/aromatic N) is 2. The maximum Gasteiger partial charge on any atom is 0.242 e. The molecule has 1 saturated heterocycles. The lowest BCUT2D eigenvalue weighted by Gasteiger charge is -2.30. The van der Waals surface area contributed by atoms with Crippen molar-refractivity contribution in [3.8, 4) is 11.5 Å². The Morgan fingerprint density at radius 3 is 2.64 bits per heavy atom. The smallest absolute Gasteiger partial charge is 0.242 e. The predicted octanol–water partition coefficient (Wildman–Crippen LogP) is 3.98. The zero-order valence-electron chi connectivity index (χ0n) is 19.5. The molecule has 1 unspecified atom stereocenters. The van der Waals surface area contributed by atoms with Crippen LogP contribution in [0.5, 0.6) is 11.5 Å². The van der Waals surface area contributed by atoms with Crippen molar-refractivity contribution in [1.82, 2.24) is 9.80 Å². The molecule has 2 aromatic rings. The lowest BCUT2D eigenvalue weighted by Crippen LogP contribution is -2.46. The van der Waals surface area contributed by atoms with Gasteiger partial charge in [0, 0.05) is 30.5 Å². The van der Waals surface area contributed by atoms with Crippen molar-refractivity contribution in [2.24, 2.45) is 5.92 Å². The van der Waals surface area contributed by atoms with Crippen LogP contribution in [0, 0.1) is 12.8 Å². The van der Waals surface area contributed by atoms with E-state index in [1.54, 1.807) is 16.2 Å². The van der Waals surface area contributed by atoms with Gasteiger partial charge < -0.3 is 24.0 Å². The van der Waals surface area contributed by atoms with Crippen LogP contribution < -0.4 is 9.47 Å². The van der Waals surface area contributed by atoms with E-state index in [1.165, 1.54) is 0 Å². The summed E-state index contributed by atoms with van der Waals surface area (Å²) in [5.74, 6) is 1.14. The molecule has 33 heavy (non-hydrogen) atoms. The van der Waals surface area contributed by atoms with Crippen LogP contribution in [0.3, 0.4) is 0 Å². The van der Waals surface area contributed by atoms with Gasteiger partial charge in [-0.25, -0.2) is 0 Å². The summed E-state index contributed by atoms with van der Waals surface area (Å²) in [7, 11) is 0. The number of amides is 2. The fraction of sp³-hybridized carbons (Fsp3) is 0.520. The van der Waals surface area contributed by atoms with E-state index < -0.39 is 0 Å². The van der Waals surface area contributed by atoms with E-state index in [9.17, 15) is 9.59 Å². The van der Waals surface area contributed by atoms with Gasteiger partial charge >= 0.3 is 0 Å². The molecule has 1 aromatic heterocycles. The number of thiophene rings is 1. The largest absolute Gasteiger partial charge is 0.454 e. The van der Waals surface area contributed by atoms with Gasteiger partial charge in [-0.05, 0) is 54.5 Å². The second kappa shape index (κ2) is 10.6. The quantitative estimate of drug-likeness (QED) is 0.552. The average molecular weight is 473 g/mol. The maximum atomic E-state index is 13.6. The van der Waals surface area contributed by atoms with E-state index in [-0.39, 0.29) is 37.2 Å². The third-order valence-electron chi connectivity index (χ3n) is 6.05. The molecule has 2 aliphatic rings. The van der Waals surface area contributed by atoms with Gasteiger partial charge in [0.1, 0.15) is 0 Å². The molecule has 1 atom stereocenters. The van der Waals surface area contributed by atoms with Gasteiger partial charge in [-0.1, -0.05) is 19.9 Å². The first-order valence-electron chi connectivity index (χ1n) is 11.5. The van der Waals surface area contributed by atoms with Gasteiger partial charge in [-0.2, -0.15) is 0 Å². The van der Waals surface area contributed by atoms with Crippen LogP contribution >= 0.6 is 11.3 Å². The number of carbonyl (C=O) groups is 2. The molecule has 1 fully saturated rings. The summed E-state index contributed by atoms with van der Waals surface area (Å²) >= 11 is 1.64. The molecule has 0 N–H and O–H groups in total. The van der Waals surface area contributed by atoms with Crippen LogP contribution in [0.2, 0.25) is 0 Å². The highest BCUT2D eigenvalue weighted by atomic mass is 32.1. The maximum absolute atomic E-state index is 13.6. The summed E-state index contributed by atoms with van der Waals surface area (Å²) in [6, 6.07) is 7.82. The van der Waals surface area contributed by atoms with Crippen molar-refractivity contribution in [2.75, 3.05) is 26.5 Å². The summed E-state index contributed by atoms with van der Waals surface area (Å²) in [4.78, 5) is 31.1. The van der Waals surface area contributed by atoms with Crippen LogP contribution in [-0.2, 0) is 27.4 Å². The SMILES string of the molecule is Cc1ccsc1CN(Cc1ccc2c(c1)OCO2)C(=O)CN(CC1CCCO1)C(=O)C(C)C. The van der Waals surface area contributed by atoms with Crippen LogP contribution in [0.25, 0.3) is 0 Å². The van der Waals surface area contributed by atoms with Crippen molar-refractivity contribution in [3.63, 3.8) is 0 Å². The standard InChI is InChI=1S/C25H32N2O5S/c1-17(2)25(29)27(13-20-5-4-9-30-20)15-24(28)26(14-23-18(3)8-10-33-23)12-19-6-7-21-22(11-19)32-16-31-21/h6-8,10-11,17,20H,4-5,9,12-16H2,1-3H3. The third-order valence-corrected chi connectivity index (χ3v) is 7.05. The molecule has 7 nitrogen and oxygen atoms in total. The summed E-state index contributed by atoms with van der Waals surface area (Å²) in [5.41, 5.74) is 2.13. The zero-order chi connectivity index (χ0) is 23.4. The Hall–Kier alpha value is -2.58. The number of rotatable bonds is 9. The Balaban J connectivity index is 1.52. The first-order valence-corrected chi connectivity index (χ1v) is 12.4. The number of benzene rings is 1. The highest BCUT2D eigenvalue weighted by Gasteiger charge is 2.28. The minimum atomic E-state index is -0.180. The van der Waals surface area contributed by atoms with E-state index in [2.05, 4.69) is 13.0 Å². The van der Waals surface area contributed by atoms with Gasteiger partial charge in [0.05, 0.1) is 19.2 Å². The fourth-order valence-corrected chi connectivity index (χ4v) is 5.05. The molecule has 3 heterocycles. The van der Waals surface area contributed by atoms with Crippen molar-refractivity contribution >= 4 is 23.2 Å². The predicted molar refractivity (Wildman–Crippen MR) is 126 cm³/mol. The molecule has 2 aliphatic heterocycles. The lowest BCUT2D eigenvalue weighted by molar-refractivity contribution is -0.144. The molecule has 4 rings (SSSR count). The Morgan fingerprint density at radius 2 is 1.94 bits per heavy atom. The van der Waals surface area contributed by atoms with Gasteiger partial charge in [0.25, 0.3) is 0 Å². The zero-order valence-corrected chi connectivity index (χ0v) is 20.4. The molecule has 0 radical (unpaired) electrons. The molecule has 2 amide bonds. The molecule has 0 bridgehead atoms. The normalized spacial score (nSPS) is 16.9. The van der Waals surface area contributed by atoms with Crippen LogP contribution in [0.1, 0.15) is 42.7 Å². The van der Waals surface area contributed by atoms with Crippen molar-refractivity contribution in [2.45, 2.75) is 52.8 Å². The van der Waals surface area contributed by atoms with Gasteiger partial charge in [0.2, 0.25) is 18.6 Å². The monoisotopic (exact) mass is 472 g/mol. The fourth-order valence-electron chi connectivity index (χ4n) is 4.13. The second-order valence-corrected chi connectivity index (χ2v) is 9.97. The number of aryl methyl sites for hydroxylation is 1. The topological polar surface area (TPSA) is 68.3 Å². The molecule has 0 saturated carbocycles. The number of fused-ring (bicyclic) bond motifs is 1. The van der Waals surface area contributed by atoms with Crippen molar-refractivity contribution < 1.29 is 23.8 Å². The molecule has 8 heteroatoms. The third kappa shape index (κ3) is 5.86. The van der Waals surface area contributed by atoms with Crippen LogP contribution in [0.4, 0.5) is 0 Å². The number of hydrogen-bond acceptors (Lipinski definition) is 6. The van der Waals surface area contributed by atoms with E-state index in [0.717, 1.165) is 41.2 Å². The van der Waals surface area contributed by atoms with Gasteiger partial charge in [0.15, 0.2) is 11.5 Å². The van der Waals surface area contributed by atoms with Gasteiger partial charge in [-0.15, -0.1) is 11.3 Å². The lowest BCUT2D eigenvalue weighted by atomic mass is 10.1. The minimum Gasteiger partial charge on any atom is -0.454 e.